The molecule has 3 unspecified atom stereocenters. The van der Waals surface area contributed by atoms with Crippen LogP contribution in [0.3, 0.4) is 0 Å². The Morgan fingerprint density at radius 2 is 1.94 bits per heavy atom. The third-order valence-corrected chi connectivity index (χ3v) is 4.55. The SMILES string of the molecule is C=C1CCN2C(C)CCC2C1c1ccccc1. The van der Waals surface area contributed by atoms with E-state index in [1.807, 2.05) is 0 Å². The molecule has 2 aliphatic heterocycles. The summed E-state index contributed by atoms with van der Waals surface area (Å²) in [6.45, 7) is 7.92. The second kappa shape index (κ2) is 4.30. The lowest BCUT2D eigenvalue weighted by molar-refractivity contribution is 0.166. The minimum Gasteiger partial charge on any atom is -0.296 e. The summed E-state index contributed by atoms with van der Waals surface area (Å²) >= 11 is 0. The Hall–Kier alpha value is -1.08. The van der Waals surface area contributed by atoms with Crippen molar-refractivity contribution in [1.82, 2.24) is 4.90 Å². The van der Waals surface area contributed by atoms with E-state index in [2.05, 4.69) is 48.7 Å². The second-order valence-corrected chi connectivity index (χ2v) is 5.53. The van der Waals surface area contributed by atoms with Gasteiger partial charge in [0.25, 0.3) is 0 Å². The predicted molar refractivity (Wildman–Crippen MR) is 72.1 cm³/mol. The summed E-state index contributed by atoms with van der Waals surface area (Å²) in [6, 6.07) is 12.4. The topological polar surface area (TPSA) is 3.24 Å². The summed E-state index contributed by atoms with van der Waals surface area (Å²) in [5.74, 6) is 0.565. The van der Waals surface area contributed by atoms with Gasteiger partial charge < -0.3 is 0 Å². The molecule has 2 saturated heterocycles. The van der Waals surface area contributed by atoms with E-state index < -0.39 is 0 Å². The summed E-state index contributed by atoms with van der Waals surface area (Å²) in [5, 5.41) is 0. The highest BCUT2D eigenvalue weighted by atomic mass is 15.2. The molecule has 3 atom stereocenters. The number of hydrogen-bond acceptors (Lipinski definition) is 1. The van der Waals surface area contributed by atoms with Crippen LogP contribution in [-0.2, 0) is 0 Å². The molecule has 2 heterocycles. The molecule has 2 aliphatic rings. The largest absolute Gasteiger partial charge is 0.296 e. The molecule has 0 aliphatic carbocycles. The maximum atomic E-state index is 4.33. The van der Waals surface area contributed by atoms with Gasteiger partial charge in [-0.15, -0.1) is 0 Å². The van der Waals surface area contributed by atoms with E-state index in [-0.39, 0.29) is 0 Å². The van der Waals surface area contributed by atoms with Gasteiger partial charge in [-0.1, -0.05) is 42.5 Å². The average molecular weight is 227 g/mol. The van der Waals surface area contributed by atoms with E-state index in [1.165, 1.54) is 36.9 Å². The van der Waals surface area contributed by atoms with Gasteiger partial charge in [-0.2, -0.15) is 0 Å². The summed E-state index contributed by atoms with van der Waals surface area (Å²) in [4.78, 5) is 2.70. The van der Waals surface area contributed by atoms with Crippen LogP contribution in [0.4, 0.5) is 0 Å². The van der Waals surface area contributed by atoms with E-state index in [4.69, 9.17) is 0 Å². The third kappa shape index (κ3) is 1.83. The summed E-state index contributed by atoms with van der Waals surface area (Å²) < 4.78 is 0. The predicted octanol–water partition coefficient (Wildman–Crippen LogP) is 3.58. The first-order valence-electron chi connectivity index (χ1n) is 6.75. The molecular formula is C16H21N. The quantitative estimate of drug-likeness (QED) is 0.663. The standard InChI is InChI=1S/C16H21N/c1-12-10-11-17-13(2)8-9-15(17)16(12)14-6-4-3-5-7-14/h3-7,13,15-16H,1,8-11H2,2H3. The minimum atomic E-state index is 0.565. The molecule has 3 rings (SSSR count). The fourth-order valence-corrected chi connectivity index (χ4v) is 3.63. The lowest BCUT2D eigenvalue weighted by Gasteiger charge is -2.40. The highest BCUT2D eigenvalue weighted by Crippen LogP contribution is 2.42. The maximum Gasteiger partial charge on any atom is 0.0205 e. The van der Waals surface area contributed by atoms with E-state index in [1.54, 1.807) is 0 Å². The highest BCUT2D eigenvalue weighted by molar-refractivity contribution is 5.32. The van der Waals surface area contributed by atoms with Crippen molar-refractivity contribution in [3.8, 4) is 0 Å². The summed E-state index contributed by atoms with van der Waals surface area (Å²) in [7, 11) is 0. The van der Waals surface area contributed by atoms with Crippen molar-refractivity contribution in [2.75, 3.05) is 6.54 Å². The minimum absolute atomic E-state index is 0.565. The third-order valence-electron chi connectivity index (χ3n) is 4.55. The lowest BCUT2D eigenvalue weighted by Crippen LogP contribution is -2.43. The molecule has 2 fully saturated rings. The van der Waals surface area contributed by atoms with Crippen molar-refractivity contribution >= 4 is 0 Å². The first kappa shape index (κ1) is 11.0. The Kier molecular flexibility index (Phi) is 2.79. The number of fused-ring (bicyclic) bond motifs is 1. The molecule has 0 spiro atoms. The lowest BCUT2D eigenvalue weighted by atomic mass is 9.80. The van der Waals surface area contributed by atoms with Crippen LogP contribution in [0, 0.1) is 0 Å². The molecule has 1 heteroatoms. The molecule has 0 saturated carbocycles. The van der Waals surface area contributed by atoms with Gasteiger partial charge in [-0.25, -0.2) is 0 Å². The number of nitrogens with zero attached hydrogens (tertiary/aromatic N) is 1. The molecule has 90 valence electrons. The smallest absolute Gasteiger partial charge is 0.0205 e. The fraction of sp³-hybridized carbons (Fsp3) is 0.500. The normalized spacial score (nSPS) is 33.7. The zero-order chi connectivity index (χ0) is 11.8. The summed E-state index contributed by atoms with van der Waals surface area (Å²) in [6.07, 6.45) is 3.85. The van der Waals surface area contributed by atoms with Crippen molar-refractivity contribution in [3.05, 3.63) is 48.0 Å². The summed E-state index contributed by atoms with van der Waals surface area (Å²) in [5.41, 5.74) is 2.90. The van der Waals surface area contributed by atoms with Crippen molar-refractivity contribution < 1.29 is 0 Å². The highest BCUT2D eigenvalue weighted by Gasteiger charge is 2.40. The van der Waals surface area contributed by atoms with E-state index in [0.717, 1.165) is 6.04 Å². The maximum absolute atomic E-state index is 4.33. The van der Waals surface area contributed by atoms with E-state index in [9.17, 15) is 0 Å². The van der Waals surface area contributed by atoms with Gasteiger partial charge in [0, 0.05) is 24.5 Å². The van der Waals surface area contributed by atoms with E-state index >= 15 is 0 Å². The van der Waals surface area contributed by atoms with Crippen LogP contribution in [0.15, 0.2) is 42.5 Å². The van der Waals surface area contributed by atoms with Gasteiger partial charge >= 0.3 is 0 Å². The van der Waals surface area contributed by atoms with Crippen LogP contribution in [-0.4, -0.2) is 23.5 Å². The molecule has 0 bridgehead atoms. The second-order valence-electron chi connectivity index (χ2n) is 5.53. The number of hydrogen-bond donors (Lipinski definition) is 0. The number of rotatable bonds is 1. The Labute approximate surface area is 104 Å². The van der Waals surface area contributed by atoms with Gasteiger partial charge in [0.15, 0.2) is 0 Å². The van der Waals surface area contributed by atoms with Crippen molar-refractivity contribution in [1.29, 1.82) is 0 Å². The Morgan fingerprint density at radius 1 is 1.18 bits per heavy atom. The average Bonchev–Trinajstić information content (AvgIpc) is 2.72. The monoisotopic (exact) mass is 227 g/mol. The zero-order valence-electron chi connectivity index (χ0n) is 10.6. The first-order chi connectivity index (χ1) is 8.27. The molecule has 17 heavy (non-hydrogen) atoms. The van der Waals surface area contributed by atoms with Gasteiger partial charge in [-0.05, 0) is 31.7 Å². The van der Waals surface area contributed by atoms with Gasteiger partial charge in [0.05, 0.1) is 0 Å². The molecule has 0 radical (unpaired) electrons. The molecular weight excluding hydrogens is 206 g/mol. The number of piperidine rings is 1. The van der Waals surface area contributed by atoms with Crippen molar-refractivity contribution in [2.24, 2.45) is 0 Å². The molecule has 1 aromatic rings. The molecule has 0 aromatic heterocycles. The molecule has 1 nitrogen and oxygen atoms in total. The molecule has 1 aromatic carbocycles. The van der Waals surface area contributed by atoms with Crippen molar-refractivity contribution in [3.63, 3.8) is 0 Å². The van der Waals surface area contributed by atoms with Crippen LogP contribution in [0.5, 0.6) is 0 Å². The Morgan fingerprint density at radius 3 is 2.71 bits per heavy atom. The van der Waals surface area contributed by atoms with Crippen LogP contribution < -0.4 is 0 Å². The van der Waals surface area contributed by atoms with Crippen LogP contribution in [0.2, 0.25) is 0 Å². The number of benzene rings is 1. The Balaban J connectivity index is 1.94. The Bertz CT molecular complexity index is 409. The zero-order valence-corrected chi connectivity index (χ0v) is 10.6. The fourth-order valence-electron chi connectivity index (χ4n) is 3.63. The van der Waals surface area contributed by atoms with E-state index in [0.29, 0.717) is 12.0 Å². The van der Waals surface area contributed by atoms with Crippen LogP contribution in [0.1, 0.15) is 37.7 Å². The van der Waals surface area contributed by atoms with Crippen LogP contribution >= 0.6 is 0 Å². The molecule has 0 amide bonds. The van der Waals surface area contributed by atoms with Crippen LogP contribution in [0.25, 0.3) is 0 Å². The van der Waals surface area contributed by atoms with Gasteiger partial charge in [-0.3, -0.25) is 4.90 Å². The van der Waals surface area contributed by atoms with Crippen molar-refractivity contribution in [2.45, 2.75) is 44.2 Å². The first-order valence-corrected chi connectivity index (χ1v) is 6.75. The molecule has 0 N–H and O–H groups in total. The van der Waals surface area contributed by atoms with Gasteiger partial charge in [0.2, 0.25) is 0 Å². The van der Waals surface area contributed by atoms with Gasteiger partial charge in [0.1, 0.15) is 0 Å².